The lowest BCUT2D eigenvalue weighted by atomic mass is 10.0. The normalized spacial score (nSPS) is 12.7. The summed E-state index contributed by atoms with van der Waals surface area (Å²) >= 11 is 2.11. The summed E-state index contributed by atoms with van der Waals surface area (Å²) < 4.78 is 12.6. The second kappa shape index (κ2) is 13.1. The SMILES string of the molecule is CCO[C@@H](/C=C/C(=O)Nc1ccccc1N)[C@@H](OC(=O)Nc1cccc2ccccc12)c1cc(I)ccc1O. The number of hydrogen-bond donors (Lipinski definition) is 4. The zero-order chi connectivity index (χ0) is 27.8. The third-order valence-electron chi connectivity index (χ3n) is 5.87. The van der Waals surface area contributed by atoms with Crippen LogP contribution in [0.5, 0.6) is 5.75 Å². The number of phenols is 1. The van der Waals surface area contributed by atoms with Gasteiger partial charge in [-0.15, -0.1) is 0 Å². The number of fused-ring (bicyclic) bond motifs is 1. The monoisotopic (exact) mass is 637 g/mol. The molecule has 0 spiro atoms. The number of nitrogens with one attached hydrogen (secondary N) is 2. The molecule has 2 amide bonds. The van der Waals surface area contributed by atoms with Crippen molar-refractivity contribution < 1.29 is 24.2 Å². The van der Waals surface area contributed by atoms with Gasteiger partial charge in [0, 0.05) is 27.2 Å². The molecule has 0 heterocycles. The number of amides is 2. The highest BCUT2D eigenvalue weighted by molar-refractivity contribution is 14.1. The van der Waals surface area contributed by atoms with Crippen molar-refractivity contribution in [3.8, 4) is 5.75 Å². The van der Waals surface area contributed by atoms with E-state index in [0.717, 1.165) is 14.3 Å². The Morgan fingerprint density at radius 2 is 1.69 bits per heavy atom. The second-order valence-electron chi connectivity index (χ2n) is 8.54. The number of hydrogen-bond acceptors (Lipinski definition) is 6. The van der Waals surface area contributed by atoms with Crippen LogP contribution in [0.2, 0.25) is 0 Å². The van der Waals surface area contributed by atoms with Crippen LogP contribution in [0, 0.1) is 3.57 Å². The molecule has 2 atom stereocenters. The van der Waals surface area contributed by atoms with Crippen LogP contribution < -0.4 is 16.4 Å². The molecule has 200 valence electrons. The van der Waals surface area contributed by atoms with E-state index in [1.54, 1.807) is 49.4 Å². The number of anilines is 3. The van der Waals surface area contributed by atoms with E-state index in [1.807, 2.05) is 36.4 Å². The zero-order valence-corrected chi connectivity index (χ0v) is 23.3. The van der Waals surface area contributed by atoms with E-state index in [2.05, 4.69) is 33.2 Å². The topological polar surface area (TPSA) is 123 Å². The summed E-state index contributed by atoms with van der Waals surface area (Å²) in [6.07, 6.45) is 0.0787. The van der Waals surface area contributed by atoms with E-state index in [0.29, 0.717) is 22.6 Å². The predicted molar refractivity (Wildman–Crippen MR) is 162 cm³/mol. The first-order valence-electron chi connectivity index (χ1n) is 12.2. The molecule has 9 heteroatoms. The summed E-state index contributed by atoms with van der Waals surface area (Å²) in [6, 6.07) is 25.1. The molecule has 0 aliphatic heterocycles. The van der Waals surface area contributed by atoms with E-state index in [1.165, 1.54) is 18.2 Å². The maximum Gasteiger partial charge on any atom is 0.412 e. The number of aromatic hydroxyl groups is 1. The van der Waals surface area contributed by atoms with Crippen molar-refractivity contribution in [2.24, 2.45) is 0 Å². The van der Waals surface area contributed by atoms with Gasteiger partial charge in [0.05, 0.1) is 17.1 Å². The van der Waals surface area contributed by atoms with Crippen molar-refractivity contribution in [1.82, 2.24) is 0 Å². The Balaban J connectivity index is 1.61. The van der Waals surface area contributed by atoms with Crippen LogP contribution in [0.1, 0.15) is 18.6 Å². The fourth-order valence-electron chi connectivity index (χ4n) is 4.05. The number of nitrogens with two attached hydrogens (primary N) is 1. The lowest BCUT2D eigenvalue weighted by Crippen LogP contribution is -2.28. The zero-order valence-electron chi connectivity index (χ0n) is 21.1. The van der Waals surface area contributed by atoms with E-state index in [4.69, 9.17) is 15.2 Å². The second-order valence-corrected chi connectivity index (χ2v) is 9.78. The predicted octanol–water partition coefficient (Wildman–Crippen LogP) is 6.62. The van der Waals surface area contributed by atoms with E-state index in [9.17, 15) is 14.7 Å². The number of nitrogen functional groups attached to an aromatic ring is 1. The van der Waals surface area contributed by atoms with Gasteiger partial charge in [-0.3, -0.25) is 10.1 Å². The molecule has 0 saturated carbocycles. The number of phenolic OH excluding ortho intramolecular Hbond substituents is 1. The summed E-state index contributed by atoms with van der Waals surface area (Å²) in [5.41, 5.74) is 7.74. The van der Waals surface area contributed by atoms with Gasteiger partial charge >= 0.3 is 6.09 Å². The summed E-state index contributed by atoms with van der Waals surface area (Å²) in [5.74, 6) is -0.513. The summed E-state index contributed by atoms with van der Waals surface area (Å²) in [4.78, 5) is 25.8. The minimum Gasteiger partial charge on any atom is -0.508 e. The van der Waals surface area contributed by atoms with Gasteiger partial charge in [-0.25, -0.2) is 4.79 Å². The lowest BCUT2D eigenvalue weighted by molar-refractivity contribution is -0.112. The molecule has 0 aliphatic carbocycles. The molecule has 0 unspecified atom stereocenters. The lowest BCUT2D eigenvalue weighted by Gasteiger charge is -2.26. The molecular formula is C30H28IN3O5. The average Bonchev–Trinajstić information content (AvgIpc) is 2.93. The quantitative estimate of drug-likeness (QED) is 0.0930. The van der Waals surface area contributed by atoms with Crippen LogP contribution in [-0.4, -0.2) is 29.8 Å². The molecule has 4 aromatic carbocycles. The van der Waals surface area contributed by atoms with E-state index in [-0.39, 0.29) is 12.4 Å². The fourth-order valence-corrected chi connectivity index (χ4v) is 4.57. The summed E-state index contributed by atoms with van der Waals surface area (Å²) in [5, 5.41) is 18.0. The highest BCUT2D eigenvalue weighted by Crippen LogP contribution is 2.34. The Hall–Kier alpha value is -4.09. The number of halogens is 1. The molecule has 0 aliphatic rings. The smallest absolute Gasteiger partial charge is 0.412 e. The summed E-state index contributed by atoms with van der Waals surface area (Å²) in [7, 11) is 0. The van der Waals surface area contributed by atoms with Gasteiger partial charge in [0.15, 0.2) is 6.10 Å². The first-order valence-corrected chi connectivity index (χ1v) is 13.3. The number of rotatable bonds is 9. The number of carbonyl (C=O) groups excluding carboxylic acids is 2. The molecule has 5 N–H and O–H groups in total. The molecule has 39 heavy (non-hydrogen) atoms. The Bertz CT molecular complexity index is 1500. The Morgan fingerprint density at radius 3 is 2.49 bits per heavy atom. The first-order chi connectivity index (χ1) is 18.9. The molecule has 8 nitrogen and oxygen atoms in total. The van der Waals surface area contributed by atoms with Crippen molar-refractivity contribution in [2.75, 3.05) is 23.0 Å². The molecule has 0 bridgehead atoms. The highest BCUT2D eigenvalue weighted by atomic mass is 127. The molecule has 4 rings (SSSR count). The van der Waals surface area contributed by atoms with Crippen LogP contribution in [-0.2, 0) is 14.3 Å². The largest absolute Gasteiger partial charge is 0.508 e. The van der Waals surface area contributed by atoms with Gasteiger partial charge in [0.25, 0.3) is 0 Å². The van der Waals surface area contributed by atoms with Crippen LogP contribution in [0.3, 0.4) is 0 Å². The maximum atomic E-state index is 13.2. The molecule has 0 saturated heterocycles. The van der Waals surface area contributed by atoms with E-state index >= 15 is 0 Å². The first kappa shape index (κ1) is 27.9. The van der Waals surface area contributed by atoms with Gasteiger partial charge in [0.1, 0.15) is 11.9 Å². The number of para-hydroxylation sites is 2. The van der Waals surface area contributed by atoms with Crippen molar-refractivity contribution >= 4 is 62.4 Å². The maximum absolute atomic E-state index is 13.2. The van der Waals surface area contributed by atoms with Crippen LogP contribution in [0.25, 0.3) is 10.8 Å². The van der Waals surface area contributed by atoms with Gasteiger partial charge in [-0.1, -0.05) is 48.5 Å². The Kier molecular flexibility index (Phi) is 9.40. The van der Waals surface area contributed by atoms with Crippen LogP contribution >= 0.6 is 22.6 Å². The van der Waals surface area contributed by atoms with Crippen molar-refractivity contribution in [3.63, 3.8) is 0 Å². The molecule has 0 fully saturated rings. The molecule has 0 radical (unpaired) electrons. The third-order valence-corrected chi connectivity index (χ3v) is 6.54. The van der Waals surface area contributed by atoms with E-state index < -0.39 is 24.2 Å². The minimum absolute atomic E-state index is 0.0713. The number of ether oxygens (including phenoxy) is 2. The van der Waals surface area contributed by atoms with Crippen molar-refractivity contribution in [3.05, 3.63) is 106 Å². The molecule has 4 aromatic rings. The highest BCUT2D eigenvalue weighted by Gasteiger charge is 2.29. The molecule has 0 aromatic heterocycles. The van der Waals surface area contributed by atoms with Crippen molar-refractivity contribution in [2.45, 2.75) is 19.1 Å². The van der Waals surface area contributed by atoms with Gasteiger partial charge in [0.2, 0.25) is 5.91 Å². The van der Waals surface area contributed by atoms with Crippen LogP contribution in [0.15, 0.2) is 97.1 Å². The number of benzene rings is 4. The van der Waals surface area contributed by atoms with Gasteiger partial charge in [-0.2, -0.15) is 0 Å². The number of carbonyl (C=O) groups is 2. The molecular weight excluding hydrogens is 609 g/mol. The van der Waals surface area contributed by atoms with Crippen molar-refractivity contribution in [1.29, 1.82) is 0 Å². The van der Waals surface area contributed by atoms with Gasteiger partial charge in [-0.05, 0) is 77.4 Å². The van der Waals surface area contributed by atoms with Gasteiger partial charge < -0.3 is 25.6 Å². The minimum atomic E-state index is -1.07. The average molecular weight is 637 g/mol. The Morgan fingerprint density at radius 1 is 0.974 bits per heavy atom. The summed E-state index contributed by atoms with van der Waals surface area (Å²) in [6.45, 7) is 2.05. The Labute approximate surface area is 240 Å². The van der Waals surface area contributed by atoms with Crippen LogP contribution in [0.4, 0.5) is 21.9 Å². The third kappa shape index (κ3) is 7.27. The standard InChI is InChI=1S/C30H28IN3O5/c1-2-38-27(16-17-28(36)33-25-12-6-5-11-23(25)32)29(22-18-20(31)14-15-26(22)35)39-30(37)34-24-13-7-9-19-8-3-4-10-21(19)24/h3-18,27,29,35H,2,32H2,1H3,(H,33,36)(H,34,37)/b17-16+/t27-,29-/m0/s1. The fraction of sp³-hybridized carbons (Fsp3) is 0.133.